The molecule has 1 aromatic carbocycles. The zero-order valence-electron chi connectivity index (χ0n) is 18.0. The van der Waals surface area contributed by atoms with Crippen LogP contribution in [0.3, 0.4) is 0 Å². The Hall–Kier alpha value is -3.42. The van der Waals surface area contributed by atoms with Crippen molar-refractivity contribution in [3.8, 4) is 0 Å². The normalized spacial score (nSPS) is 18.8. The topological polar surface area (TPSA) is 75.1 Å². The van der Waals surface area contributed by atoms with Gasteiger partial charge in [-0.1, -0.05) is 12.6 Å². The molecule has 2 atom stereocenters. The quantitative estimate of drug-likeness (QED) is 0.613. The molecule has 0 radical (unpaired) electrons. The molecule has 2 aromatic heterocycles. The van der Waals surface area contributed by atoms with Crippen molar-refractivity contribution in [3.63, 3.8) is 0 Å². The molecular weight excluding hydrogens is 395 g/mol. The molecule has 3 aromatic rings. The number of hydrogen-bond donors (Lipinski definition) is 2. The number of nitrogens with zero attached hydrogens (tertiary/aromatic N) is 4. The van der Waals surface area contributed by atoms with Gasteiger partial charge < -0.3 is 20.1 Å². The van der Waals surface area contributed by atoms with E-state index in [4.69, 9.17) is 4.98 Å². The maximum atomic E-state index is 14.6. The lowest BCUT2D eigenvalue weighted by molar-refractivity contribution is -0.111. The van der Waals surface area contributed by atoms with Crippen molar-refractivity contribution in [1.29, 1.82) is 0 Å². The fourth-order valence-corrected chi connectivity index (χ4v) is 4.00. The molecule has 0 unspecified atom stereocenters. The Morgan fingerprint density at radius 3 is 2.81 bits per heavy atom. The van der Waals surface area contributed by atoms with Gasteiger partial charge in [-0.2, -0.15) is 0 Å². The number of aromatic nitrogens is 3. The Balaban J connectivity index is 1.60. The van der Waals surface area contributed by atoms with E-state index >= 15 is 0 Å². The van der Waals surface area contributed by atoms with Crippen molar-refractivity contribution < 1.29 is 9.18 Å². The number of fused-ring (bicyclic) bond motifs is 1. The molecular formula is C23H27FN6O. The molecule has 31 heavy (non-hydrogen) atoms. The van der Waals surface area contributed by atoms with Gasteiger partial charge in [0.15, 0.2) is 0 Å². The molecule has 2 N–H and O–H groups in total. The van der Waals surface area contributed by atoms with Crippen LogP contribution in [0.25, 0.3) is 11.0 Å². The highest BCUT2D eigenvalue weighted by molar-refractivity contribution is 6.00. The monoisotopic (exact) mass is 422 g/mol. The number of benzene rings is 1. The van der Waals surface area contributed by atoms with Crippen LogP contribution in [0.1, 0.15) is 17.5 Å². The molecule has 0 saturated carbocycles. The summed E-state index contributed by atoms with van der Waals surface area (Å²) in [4.78, 5) is 22.8. The number of imidazole rings is 1. The van der Waals surface area contributed by atoms with Crippen LogP contribution in [0.2, 0.25) is 0 Å². The van der Waals surface area contributed by atoms with Crippen molar-refractivity contribution in [1.82, 2.24) is 14.5 Å². The molecule has 4 rings (SSSR count). The SMILES string of the molecule is C=CC(=O)Nc1cc2nc(N3C[C@H](F)C[C@@H](Nc4ccc(C)cn4)C3)n(C)c2cc1C. The standard InChI is InChI=1S/C23H27FN6O/c1-5-22(31)27-18-10-19-20(8-15(18)3)29(4)23(28-19)30-12-16(24)9-17(13-30)26-21-7-6-14(2)11-25-21/h5-8,10-11,16-17H,1,9,12-13H2,2-4H3,(H,25,26)(H,27,31)/t16-,17-/m1/s1. The van der Waals surface area contributed by atoms with Crippen molar-refractivity contribution in [2.24, 2.45) is 7.05 Å². The molecule has 1 saturated heterocycles. The summed E-state index contributed by atoms with van der Waals surface area (Å²) < 4.78 is 16.6. The van der Waals surface area contributed by atoms with Crippen LogP contribution < -0.4 is 15.5 Å². The smallest absolute Gasteiger partial charge is 0.247 e. The van der Waals surface area contributed by atoms with Gasteiger partial charge in [-0.25, -0.2) is 14.4 Å². The number of anilines is 3. The van der Waals surface area contributed by atoms with Gasteiger partial charge in [-0.3, -0.25) is 4.79 Å². The van der Waals surface area contributed by atoms with Gasteiger partial charge in [0.05, 0.1) is 17.6 Å². The molecule has 1 aliphatic rings. The minimum Gasteiger partial charge on any atom is -0.365 e. The second kappa shape index (κ2) is 8.37. The van der Waals surface area contributed by atoms with Crippen LogP contribution in [-0.2, 0) is 11.8 Å². The fraction of sp³-hybridized carbons (Fsp3) is 0.348. The van der Waals surface area contributed by atoms with Crippen molar-refractivity contribution in [3.05, 3.63) is 54.2 Å². The minimum absolute atomic E-state index is 0.0806. The van der Waals surface area contributed by atoms with Crippen LogP contribution >= 0.6 is 0 Å². The van der Waals surface area contributed by atoms with Gasteiger partial charge >= 0.3 is 0 Å². The summed E-state index contributed by atoms with van der Waals surface area (Å²) in [5.74, 6) is 1.18. The molecule has 8 heteroatoms. The van der Waals surface area contributed by atoms with Crippen LogP contribution in [-0.4, -0.2) is 45.7 Å². The summed E-state index contributed by atoms with van der Waals surface area (Å²) in [6.07, 6.45) is 2.48. The number of carbonyl (C=O) groups excluding carboxylic acids is 1. The third kappa shape index (κ3) is 4.38. The first-order valence-corrected chi connectivity index (χ1v) is 10.3. The van der Waals surface area contributed by atoms with Gasteiger partial charge in [0, 0.05) is 37.9 Å². The lowest BCUT2D eigenvalue weighted by atomic mass is 10.0. The van der Waals surface area contributed by atoms with Gasteiger partial charge in [-0.05, 0) is 49.2 Å². The highest BCUT2D eigenvalue weighted by Crippen LogP contribution is 2.29. The average Bonchev–Trinajstić information content (AvgIpc) is 3.05. The molecule has 0 bridgehead atoms. The second-order valence-corrected chi connectivity index (χ2v) is 8.12. The third-order valence-electron chi connectivity index (χ3n) is 5.59. The summed E-state index contributed by atoms with van der Waals surface area (Å²) in [6, 6.07) is 7.65. The maximum absolute atomic E-state index is 14.6. The zero-order valence-corrected chi connectivity index (χ0v) is 18.0. The number of nitrogens with one attached hydrogen (secondary N) is 2. The maximum Gasteiger partial charge on any atom is 0.247 e. The van der Waals surface area contributed by atoms with Crippen molar-refractivity contribution >= 4 is 34.4 Å². The summed E-state index contributed by atoms with van der Waals surface area (Å²) in [7, 11) is 1.93. The van der Waals surface area contributed by atoms with E-state index in [2.05, 4.69) is 22.2 Å². The molecule has 1 fully saturated rings. The Bertz CT molecular complexity index is 1120. The van der Waals surface area contributed by atoms with Gasteiger partial charge in [0.2, 0.25) is 11.9 Å². The molecule has 7 nitrogen and oxygen atoms in total. The minimum atomic E-state index is -0.972. The predicted molar refractivity (Wildman–Crippen MR) is 122 cm³/mol. The van der Waals surface area contributed by atoms with E-state index in [9.17, 15) is 9.18 Å². The molecule has 0 spiro atoms. The van der Waals surface area contributed by atoms with E-state index in [1.165, 1.54) is 6.08 Å². The summed E-state index contributed by atoms with van der Waals surface area (Å²) in [5, 5.41) is 6.16. The molecule has 1 amide bonds. The van der Waals surface area contributed by atoms with E-state index in [-0.39, 0.29) is 18.5 Å². The van der Waals surface area contributed by atoms with Gasteiger partial charge in [0.1, 0.15) is 12.0 Å². The number of alkyl halides is 1. The Labute approximate surface area is 181 Å². The lowest BCUT2D eigenvalue weighted by Gasteiger charge is -2.35. The van der Waals surface area contributed by atoms with Crippen LogP contribution in [0.15, 0.2) is 43.1 Å². The number of piperidine rings is 1. The summed E-state index contributed by atoms with van der Waals surface area (Å²) in [5.41, 5.74) is 4.36. The van der Waals surface area contributed by atoms with E-state index in [1.54, 1.807) is 6.20 Å². The molecule has 162 valence electrons. The molecule has 3 heterocycles. The first-order valence-electron chi connectivity index (χ1n) is 10.3. The highest BCUT2D eigenvalue weighted by atomic mass is 19.1. The van der Waals surface area contributed by atoms with Crippen LogP contribution in [0.4, 0.5) is 21.8 Å². The van der Waals surface area contributed by atoms with Crippen molar-refractivity contribution in [2.45, 2.75) is 32.5 Å². The first kappa shape index (κ1) is 20.8. The molecule has 0 aliphatic carbocycles. The third-order valence-corrected chi connectivity index (χ3v) is 5.59. The van der Waals surface area contributed by atoms with E-state index in [0.29, 0.717) is 24.6 Å². The Morgan fingerprint density at radius 2 is 2.10 bits per heavy atom. The van der Waals surface area contributed by atoms with E-state index in [0.717, 1.165) is 28.0 Å². The first-order chi connectivity index (χ1) is 14.8. The van der Waals surface area contributed by atoms with E-state index in [1.807, 2.05) is 54.6 Å². The predicted octanol–water partition coefficient (Wildman–Crippen LogP) is 3.74. The highest BCUT2D eigenvalue weighted by Gasteiger charge is 2.30. The Kier molecular flexibility index (Phi) is 5.63. The number of amides is 1. The number of carbonyl (C=O) groups is 1. The Morgan fingerprint density at radius 1 is 1.29 bits per heavy atom. The fourth-order valence-electron chi connectivity index (χ4n) is 4.00. The summed E-state index contributed by atoms with van der Waals surface area (Å²) >= 11 is 0. The number of rotatable bonds is 5. The number of hydrogen-bond acceptors (Lipinski definition) is 5. The average molecular weight is 423 g/mol. The van der Waals surface area contributed by atoms with Gasteiger partial charge in [0.25, 0.3) is 0 Å². The zero-order chi connectivity index (χ0) is 22.1. The summed E-state index contributed by atoms with van der Waals surface area (Å²) in [6.45, 7) is 8.31. The van der Waals surface area contributed by atoms with Crippen molar-refractivity contribution in [2.75, 3.05) is 28.6 Å². The number of aryl methyl sites for hydroxylation is 3. The largest absolute Gasteiger partial charge is 0.365 e. The molecule has 1 aliphatic heterocycles. The van der Waals surface area contributed by atoms with Gasteiger partial charge in [-0.15, -0.1) is 0 Å². The lowest BCUT2D eigenvalue weighted by Crippen LogP contribution is -2.48. The van der Waals surface area contributed by atoms with Crippen LogP contribution in [0, 0.1) is 13.8 Å². The number of pyridine rings is 1. The van der Waals surface area contributed by atoms with E-state index < -0.39 is 6.17 Å². The van der Waals surface area contributed by atoms with Crippen LogP contribution in [0.5, 0.6) is 0 Å². The second-order valence-electron chi connectivity index (χ2n) is 8.12. The number of halogens is 1.